The van der Waals surface area contributed by atoms with Gasteiger partial charge in [0.25, 0.3) is 5.91 Å². The highest BCUT2D eigenvalue weighted by Crippen LogP contribution is 2.31. The lowest BCUT2D eigenvalue weighted by Gasteiger charge is -2.28. The number of nitrogens with one attached hydrogen (secondary N) is 1. The topological polar surface area (TPSA) is 65.6 Å². The molecule has 0 unspecified atom stereocenters. The largest absolute Gasteiger partial charge is 0.497 e. The first kappa shape index (κ1) is 17.8. The van der Waals surface area contributed by atoms with Crippen LogP contribution in [-0.2, 0) is 24.3 Å². The van der Waals surface area contributed by atoms with Crippen LogP contribution < -0.4 is 4.74 Å². The lowest BCUT2D eigenvalue weighted by molar-refractivity contribution is -0.132. The predicted octanol–water partition coefficient (Wildman–Crippen LogP) is 3.11. The lowest BCUT2D eigenvalue weighted by atomic mass is 10.0. The summed E-state index contributed by atoms with van der Waals surface area (Å²) < 4.78 is 5.36. The molecule has 0 fully saturated rings. The average molecular weight is 389 g/mol. The molecule has 2 amide bonds. The number of aromatic amines is 1. The molecule has 0 atom stereocenters. The van der Waals surface area contributed by atoms with Crippen LogP contribution in [0.25, 0.3) is 10.9 Å². The Morgan fingerprint density at radius 3 is 2.86 bits per heavy atom. The van der Waals surface area contributed by atoms with E-state index in [1.807, 2.05) is 47.4 Å². The molecule has 1 N–H and O–H groups in total. The zero-order valence-corrected chi connectivity index (χ0v) is 16.4. The van der Waals surface area contributed by atoms with Gasteiger partial charge in [0.15, 0.2) is 0 Å². The van der Waals surface area contributed by atoms with Crippen LogP contribution in [0.3, 0.4) is 0 Å². The highest BCUT2D eigenvalue weighted by molar-refractivity contribution is 5.98. The van der Waals surface area contributed by atoms with Crippen LogP contribution in [0, 0.1) is 0 Å². The second-order valence-corrected chi connectivity index (χ2v) is 7.69. The standard InChI is InChI=1S/C23H23N3O3/c1-29-16-6-7-20-18(12-16)19-14-25(10-8-21(19)24-20)22(27)9-11-26-13-15-4-2-3-5-17(15)23(26)28/h2-7,12,24H,8-11,13-14H2,1H3. The van der Waals surface area contributed by atoms with Crippen molar-refractivity contribution in [2.75, 3.05) is 20.2 Å². The molecule has 0 bridgehead atoms. The number of methoxy groups -OCH3 is 1. The Labute approximate surface area is 169 Å². The van der Waals surface area contributed by atoms with Gasteiger partial charge in [-0.15, -0.1) is 0 Å². The molecule has 29 heavy (non-hydrogen) atoms. The summed E-state index contributed by atoms with van der Waals surface area (Å²) in [4.78, 5) is 32.5. The average Bonchev–Trinajstić information content (AvgIpc) is 3.28. The predicted molar refractivity (Wildman–Crippen MR) is 110 cm³/mol. The van der Waals surface area contributed by atoms with Gasteiger partial charge in [0.1, 0.15) is 5.75 Å². The van der Waals surface area contributed by atoms with Crippen LogP contribution in [0.2, 0.25) is 0 Å². The Kier molecular flexibility index (Phi) is 4.27. The van der Waals surface area contributed by atoms with Gasteiger partial charge in [-0.3, -0.25) is 9.59 Å². The van der Waals surface area contributed by atoms with Crippen molar-refractivity contribution >= 4 is 22.7 Å². The van der Waals surface area contributed by atoms with Crippen molar-refractivity contribution in [3.05, 3.63) is 64.8 Å². The summed E-state index contributed by atoms with van der Waals surface area (Å²) in [6.07, 6.45) is 1.16. The van der Waals surface area contributed by atoms with Gasteiger partial charge in [0, 0.05) is 66.7 Å². The molecule has 2 aliphatic heterocycles. The molecule has 2 aliphatic rings. The number of benzene rings is 2. The summed E-state index contributed by atoms with van der Waals surface area (Å²) in [5.74, 6) is 0.935. The van der Waals surface area contributed by atoms with E-state index in [0.717, 1.165) is 34.2 Å². The number of ether oxygens (including phenoxy) is 1. The Bertz CT molecular complexity index is 1120. The molecular weight excluding hydrogens is 366 g/mol. The van der Waals surface area contributed by atoms with Crippen molar-refractivity contribution in [3.8, 4) is 5.75 Å². The van der Waals surface area contributed by atoms with Crippen LogP contribution in [0.15, 0.2) is 42.5 Å². The van der Waals surface area contributed by atoms with E-state index >= 15 is 0 Å². The second-order valence-electron chi connectivity index (χ2n) is 7.69. The van der Waals surface area contributed by atoms with Crippen LogP contribution in [-0.4, -0.2) is 46.8 Å². The first-order valence-electron chi connectivity index (χ1n) is 9.96. The molecule has 2 aromatic carbocycles. The zero-order valence-electron chi connectivity index (χ0n) is 16.4. The van der Waals surface area contributed by atoms with Gasteiger partial charge in [-0.1, -0.05) is 18.2 Å². The number of carbonyl (C=O) groups is 2. The molecule has 0 aliphatic carbocycles. The molecular formula is C23H23N3O3. The summed E-state index contributed by atoms with van der Waals surface area (Å²) in [6, 6.07) is 13.7. The van der Waals surface area contributed by atoms with Gasteiger partial charge >= 0.3 is 0 Å². The van der Waals surface area contributed by atoms with Crippen molar-refractivity contribution in [2.45, 2.75) is 25.9 Å². The Balaban J connectivity index is 1.27. The summed E-state index contributed by atoms with van der Waals surface area (Å²) in [5, 5.41) is 1.11. The first-order valence-corrected chi connectivity index (χ1v) is 9.96. The van der Waals surface area contributed by atoms with E-state index < -0.39 is 0 Å². The minimum atomic E-state index is 0.0260. The van der Waals surface area contributed by atoms with Crippen LogP contribution >= 0.6 is 0 Å². The molecule has 0 saturated heterocycles. The van der Waals surface area contributed by atoms with E-state index in [0.29, 0.717) is 32.6 Å². The Morgan fingerprint density at radius 1 is 1.17 bits per heavy atom. The smallest absolute Gasteiger partial charge is 0.254 e. The molecule has 1 aromatic heterocycles. The van der Waals surface area contributed by atoms with Gasteiger partial charge in [-0.05, 0) is 29.8 Å². The summed E-state index contributed by atoms with van der Waals surface area (Å²) in [7, 11) is 1.66. The van der Waals surface area contributed by atoms with Crippen LogP contribution in [0.5, 0.6) is 5.75 Å². The fraction of sp³-hybridized carbons (Fsp3) is 0.304. The molecule has 0 saturated carbocycles. The summed E-state index contributed by atoms with van der Waals surface area (Å²) in [6.45, 7) is 2.34. The third-order valence-electron chi connectivity index (χ3n) is 6.03. The van der Waals surface area contributed by atoms with Gasteiger partial charge in [0.2, 0.25) is 5.91 Å². The summed E-state index contributed by atoms with van der Waals surface area (Å²) in [5.41, 5.74) is 5.24. The maximum Gasteiger partial charge on any atom is 0.254 e. The molecule has 148 valence electrons. The number of H-pyrrole nitrogens is 1. The molecule has 0 radical (unpaired) electrons. The third kappa shape index (κ3) is 3.05. The Morgan fingerprint density at radius 2 is 2.03 bits per heavy atom. The Hall–Kier alpha value is -3.28. The number of fused-ring (bicyclic) bond motifs is 4. The number of carbonyl (C=O) groups excluding carboxylic acids is 2. The number of hydrogen-bond acceptors (Lipinski definition) is 3. The number of amides is 2. The minimum Gasteiger partial charge on any atom is -0.497 e. The third-order valence-corrected chi connectivity index (χ3v) is 6.03. The van der Waals surface area contributed by atoms with Crippen molar-refractivity contribution in [1.82, 2.24) is 14.8 Å². The maximum absolute atomic E-state index is 12.9. The number of rotatable bonds is 4. The van der Waals surface area contributed by atoms with E-state index in [1.54, 1.807) is 12.0 Å². The highest BCUT2D eigenvalue weighted by Gasteiger charge is 2.29. The van der Waals surface area contributed by atoms with Crippen LogP contribution in [0.4, 0.5) is 0 Å². The van der Waals surface area contributed by atoms with E-state index in [2.05, 4.69) is 4.98 Å². The number of hydrogen-bond donors (Lipinski definition) is 1. The molecule has 0 spiro atoms. The maximum atomic E-state index is 12.9. The zero-order chi connectivity index (χ0) is 20.0. The van der Waals surface area contributed by atoms with Gasteiger partial charge in [-0.2, -0.15) is 0 Å². The second kappa shape index (κ2) is 6.95. The van der Waals surface area contributed by atoms with Gasteiger partial charge < -0.3 is 19.5 Å². The minimum absolute atomic E-state index is 0.0260. The first-order chi connectivity index (χ1) is 14.1. The molecule has 5 rings (SSSR count). The molecule has 6 heteroatoms. The molecule has 6 nitrogen and oxygen atoms in total. The van der Waals surface area contributed by atoms with E-state index in [4.69, 9.17) is 4.74 Å². The van der Waals surface area contributed by atoms with Crippen LogP contribution in [0.1, 0.15) is 33.6 Å². The van der Waals surface area contributed by atoms with E-state index in [1.165, 1.54) is 11.3 Å². The molecule has 3 heterocycles. The van der Waals surface area contributed by atoms with E-state index in [-0.39, 0.29) is 11.8 Å². The molecule has 3 aromatic rings. The van der Waals surface area contributed by atoms with Crippen molar-refractivity contribution in [2.24, 2.45) is 0 Å². The fourth-order valence-electron chi connectivity index (χ4n) is 4.42. The number of nitrogens with zero attached hydrogens (tertiary/aromatic N) is 2. The number of aromatic nitrogens is 1. The monoisotopic (exact) mass is 389 g/mol. The van der Waals surface area contributed by atoms with Crippen molar-refractivity contribution in [1.29, 1.82) is 0 Å². The van der Waals surface area contributed by atoms with Crippen molar-refractivity contribution in [3.63, 3.8) is 0 Å². The van der Waals surface area contributed by atoms with Crippen molar-refractivity contribution < 1.29 is 14.3 Å². The fourth-order valence-corrected chi connectivity index (χ4v) is 4.42. The SMILES string of the molecule is COc1ccc2[nH]c3c(c2c1)CN(C(=O)CCN1Cc2ccccc2C1=O)CC3. The quantitative estimate of drug-likeness (QED) is 0.746. The van der Waals surface area contributed by atoms with E-state index in [9.17, 15) is 9.59 Å². The van der Waals surface area contributed by atoms with Gasteiger partial charge in [-0.25, -0.2) is 0 Å². The normalized spacial score (nSPS) is 15.6. The highest BCUT2D eigenvalue weighted by atomic mass is 16.5. The lowest BCUT2D eigenvalue weighted by Crippen LogP contribution is -2.38. The van der Waals surface area contributed by atoms with Gasteiger partial charge in [0.05, 0.1) is 7.11 Å². The summed E-state index contributed by atoms with van der Waals surface area (Å²) >= 11 is 0.